The van der Waals surface area contributed by atoms with Crippen LogP contribution in [0.1, 0.15) is 18.4 Å². The van der Waals surface area contributed by atoms with Gasteiger partial charge in [0.1, 0.15) is 5.82 Å². The molecular weight excluding hydrogens is 253 g/mol. The number of hydrogen-bond acceptors (Lipinski definition) is 2. The molecule has 0 bridgehead atoms. The molecule has 0 saturated carbocycles. The summed E-state index contributed by atoms with van der Waals surface area (Å²) in [6, 6.07) is 4.64. The molecular formula is C13H17ClFN3. The van der Waals surface area contributed by atoms with E-state index in [0.29, 0.717) is 17.1 Å². The number of amidine groups is 1. The van der Waals surface area contributed by atoms with Gasteiger partial charge in [-0.1, -0.05) is 11.6 Å². The normalized spacial score (nSPS) is 17.9. The minimum Gasteiger partial charge on any atom is -0.387 e. The van der Waals surface area contributed by atoms with Gasteiger partial charge in [0.05, 0.1) is 5.84 Å². The van der Waals surface area contributed by atoms with Crippen LogP contribution in [0.3, 0.4) is 0 Å². The summed E-state index contributed by atoms with van der Waals surface area (Å²) in [6.45, 7) is 2.25. The van der Waals surface area contributed by atoms with E-state index >= 15 is 0 Å². The Hall–Kier alpha value is -1.13. The van der Waals surface area contributed by atoms with E-state index in [9.17, 15) is 4.39 Å². The van der Waals surface area contributed by atoms with Gasteiger partial charge in [-0.15, -0.1) is 0 Å². The van der Waals surface area contributed by atoms with Crippen molar-refractivity contribution in [2.24, 2.45) is 11.7 Å². The number of nitrogens with two attached hydrogens (primary N) is 1. The van der Waals surface area contributed by atoms with E-state index in [0.717, 1.165) is 25.9 Å². The summed E-state index contributed by atoms with van der Waals surface area (Å²) in [7, 11) is 0. The second-order valence-electron chi connectivity index (χ2n) is 4.74. The topological polar surface area (TPSA) is 53.1 Å². The van der Waals surface area contributed by atoms with Crippen molar-refractivity contribution >= 4 is 17.4 Å². The molecule has 1 aromatic rings. The number of piperidine rings is 1. The van der Waals surface area contributed by atoms with Gasteiger partial charge in [-0.05, 0) is 44.1 Å². The zero-order valence-corrected chi connectivity index (χ0v) is 10.9. The second-order valence-corrected chi connectivity index (χ2v) is 5.18. The third-order valence-corrected chi connectivity index (χ3v) is 3.66. The van der Waals surface area contributed by atoms with Gasteiger partial charge < -0.3 is 5.73 Å². The lowest BCUT2D eigenvalue weighted by molar-refractivity contribution is 0.199. The van der Waals surface area contributed by atoms with Gasteiger partial charge >= 0.3 is 0 Å². The van der Waals surface area contributed by atoms with Gasteiger partial charge in [0.15, 0.2) is 0 Å². The Kier molecular flexibility index (Phi) is 4.19. The molecule has 0 radical (unpaired) electrons. The predicted molar refractivity (Wildman–Crippen MR) is 71.3 cm³/mol. The van der Waals surface area contributed by atoms with E-state index in [4.69, 9.17) is 22.7 Å². The minimum atomic E-state index is -0.215. The van der Waals surface area contributed by atoms with Gasteiger partial charge in [0.25, 0.3) is 0 Å². The fourth-order valence-electron chi connectivity index (χ4n) is 2.31. The molecule has 0 aliphatic carbocycles. The summed E-state index contributed by atoms with van der Waals surface area (Å²) in [6.07, 6.45) is 1.75. The van der Waals surface area contributed by atoms with Crippen molar-refractivity contribution < 1.29 is 4.39 Å². The predicted octanol–water partition coefficient (Wildman–Crippen LogP) is 2.63. The first-order valence-electron chi connectivity index (χ1n) is 6.06. The quantitative estimate of drug-likeness (QED) is 0.655. The van der Waals surface area contributed by atoms with Gasteiger partial charge in [0.2, 0.25) is 0 Å². The first-order valence-corrected chi connectivity index (χ1v) is 6.44. The molecule has 5 heteroatoms. The van der Waals surface area contributed by atoms with Crippen LogP contribution in [0.15, 0.2) is 18.2 Å². The van der Waals surface area contributed by atoms with Gasteiger partial charge in [-0.3, -0.25) is 10.3 Å². The van der Waals surface area contributed by atoms with Crippen molar-refractivity contribution in [1.29, 1.82) is 5.41 Å². The average Bonchev–Trinajstić information content (AvgIpc) is 2.34. The van der Waals surface area contributed by atoms with E-state index in [1.54, 1.807) is 12.1 Å². The van der Waals surface area contributed by atoms with Gasteiger partial charge in [-0.25, -0.2) is 4.39 Å². The molecule has 1 heterocycles. The largest absolute Gasteiger partial charge is 0.387 e. The molecule has 3 N–H and O–H groups in total. The Labute approximate surface area is 111 Å². The summed E-state index contributed by atoms with van der Waals surface area (Å²) in [4.78, 5) is 2.17. The molecule has 3 nitrogen and oxygen atoms in total. The molecule has 1 aliphatic rings. The van der Waals surface area contributed by atoms with Crippen molar-refractivity contribution in [3.05, 3.63) is 34.6 Å². The Balaban J connectivity index is 1.95. The number of hydrogen-bond donors (Lipinski definition) is 2. The van der Waals surface area contributed by atoms with Crippen molar-refractivity contribution in [2.45, 2.75) is 19.4 Å². The van der Waals surface area contributed by atoms with Crippen molar-refractivity contribution in [2.75, 3.05) is 13.1 Å². The van der Waals surface area contributed by atoms with Crippen LogP contribution in [0.4, 0.5) is 4.39 Å². The summed E-state index contributed by atoms with van der Waals surface area (Å²) in [5, 5.41) is 7.98. The highest BCUT2D eigenvalue weighted by molar-refractivity contribution is 6.30. The lowest BCUT2D eigenvalue weighted by Gasteiger charge is -2.31. The van der Waals surface area contributed by atoms with E-state index in [1.165, 1.54) is 6.07 Å². The Bertz CT molecular complexity index is 442. The van der Waals surface area contributed by atoms with Crippen LogP contribution in [0.2, 0.25) is 5.02 Å². The van der Waals surface area contributed by atoms with Crippen LogP contribution >= 0.6 is 11.6 Å². The zero-order valence-electron chi connectivity index (χ0n) is 10.1. The van der Waals surface area contributed by atoms with Crippen molar-refractivity contribution in [1.82, 2.24) is 4.90 Å². The molecule has 0 aromatic heterocycles. The Morgan fingerprint density at radius 2 is 2.11 bits per heavy atom. The number of rotatable bonds is 3. The molecule has 0 spiro atoms. The number of nitrogens with zero attached hydrogens (tertiary/aromatic N) is 1. The first kappa shape index (κ1) is 13.3. The summed E-state index contributed by atoms with van der Waals surface area (Å²) in [5.74, 6) is 0.238. The third-order valence-electron chi connectivity index (χ3n) is 3.43. The molecule has 0 atom stereocenters. The molecule has 98 valence electrons. The molecule has 1 saturated heterocycles. The van der Waals surface area contributed by atoms with Crippen LogP contribution in [0, 0.1) is 17.1 Å². The maximum Gasteiger partial charge on any atom is 0.127 e. The Morgan fingerprint density at radius 3 is 2.72 bits per heavy atom. The number of benzene rings is 1. The van der Waals surface area contributed by atoms with Crippen LogP contribution in [0.25, 0.3) is 0 Å². The number of halogens is 2. The maximum atomic E-state index is 13.6. The molecule has 1 aromatic carbocycles. The SMILES string of the molecule is N=C(N)C1CCN(Cc2cc(Cl)ccc2F)CC1. The molecule has 1 fully saturated rings. The summed E-state index contributed by atoms with van der Waals surface area (Å²) >= 11 is 5.87. The van der Waals surface area contributed by atoms with E-state index in [-0.39, 0.29) is 17.6 Å². The maximum absolute atomic E-state index is 13.6. The second kappa shape index (κ2) is 5.67. The standard InChI is InChI=1S/C13H17ClFN3/c14-11-1-2-12(15)10(7-11)8-18-5-3-9(4-6-18)13(16)17/h1-2,7,9H,3-6,8H2,(H3,16,17). The smallest absolute Gasteiger partial charge is 0.127 e. The van der Waals surface area contributed by atoms with E-state index in [2.05, 4.69) is 4.90 Å². The summed E-state index contributed by atoms with van der Waals surface area (Å²) < 4.78 is 13.6. The molecule has 1 aliphatic heterocycles. The van der Waals surface area contributed by atoms with Crippen LogP contribution in [-0.4, -0.2) is 23.8 Å². The molecule has 0 unspecified atom stereocenters. The lowest BCUT2D eigenvalue weighted by Crippen LogP contribution is -2.38. The number of nitrogens with one attached hydrogen (secondary N) is 1. The van der Waals surface area contributed by atoms with Crippen molar-refractivity contribution in [3.8, 4) is 0 Å². The summed E-state index contributed by atoms with van der Waals surface area (Å²) in [5.41, 5.74) is 6.12. The van der Waals surface area contributed by atoms with Gasteiger partial charge in [-0.2, -0.15) is 0 Å². The van der Waals surface area contributed by atoms with Crippen LogP contribution < -0.4 is 5.73 Å². The molecule has 0 amide bonds. The van der Waals surface area contributed by atoms with Gasteiger partial charge in [0, 0.05) is 23.0 Å². The molecule has 18 heavy (non-hydrogen) atoms. The molecule has 2 rings (SSSR count). The lowest BCUT2D eigenvalue weighted by atomic mass is 9.95. The highest BCUT2D eigenvalue weighted by atomic mass is 35.5. The monoisotopic (exact) mass is 269 g/mol. The van der Waals surface area contributed by atoms with E-state index in [1.807, 2.05) is 0 Å². The van der Waals surface area contributed by atoms with Crippen LogP contribution in [0.5, 0.6) is 0 Å². The fourth-order valence-corrected chi connectivity index (χ4v) is 2.50. The highest BCUT2D eigenvalue weighted by Crippen LogP contribution is 2.21. The van der Waals surface area contributed by atoms with Crippen LogP contribution in [-0.2, 0) is 6.54 Å². The first-order chi connectivity index (χ1) is 8.56. The highest BCUT2D eigenvalue weighted by Gasteiger charge is 2.21. The zero-order chi connectivity index (χ0) is 13.1. The number of likely N-dealkylation sites (tertiary alicyclic amines) is 1. The van der Waals surface area contributed by atoms with Crippen molar-refractivity contribution in [3.63, 3.8) is 0 Å². The Morgan fingerprint density at radius 1 is 1.44 bits per heavy atom. The minimum absolute atomic E-state index is 0.186. The third kappa shape index (κ3) is 3.21. The average molecular weight is 270 g/mol. The van der Waals surface area contributed by atoms with E-state index < -0.39 is 0 Å². The fraction of sp³-hybridized carbons (Fsp3) is 0.462.